The Morgan fingerprint density at radius 2 is 1.78 bits per heavy atom. The molecule has 8 heteroatoms. The number of imidazole rings is 1. The predicted octanol–water partition coefficient (Wildman–Crippen LogP) is 5.22. The van der Waals surface area contributed by atoms with Crippen LogP contribution in [0.1, 0.15) is 18.4 Å². The van der Waals surface area contributed by atoms with Gasteiger partial charge in [0.05, 0.1) is 11.0 Å². The molecule has 0 radical (unpaired) electrons. The maximum absolute atomic E-state index is 4.78. The van der Waals surface area contributed by atoms with Gasteiger partial charge in [0.2, 0.25) is 0 Å². The van der Waals surface area contributed by atoms with Crippen molar-refractivity contribution in [3.63, 3.8) is 0 Å². The van der Waals surface area contributed by atoms with Crippen molar-refractivity contribution < 1.29 is 0 Å². The number of nitrogens with zero attached hydrogens (tertiary/aromatic N) is 6. The Bertz CT molecular complexity index is 1680. The molecular formula is C28H24N8. The molecule has 1 aliphatic heterocycles. The number of H-pyrrole nitrogens is 2. The fraction of sp³-hybridized carbons (Fsp3) is 0.179. The Hall–Kier alpha value is -4.43. The Morgan fingerprint density at radius 3 is 2.67 bits per heavy atom. The number of aromatic amines is 2. The zero-order chi connectivity index (χ0) is 23.9. The zero-order valence-corrected chi connectivity index (χ0v) is 19.6. The van der Waals surface area contributed by atoms with E-state index in [1.54, 1.807) is 12.4 Å². The Kier molecular flexibility index (Phi) is 5.03. The van der Waals surface area contributed by atoms with Crippen molar-refractivity contribution in [2.45, 2.75) is 19.4 Å². The summed E-state index contributed by atoms with van der Waals surface area (Å²) < 4.78 is 0. The molecule has 7 rings (SSSR count). The Morgan fingerprint density at radius 1 is 0.861 bits per heavy atom. The molecule has 36 heavy (non-hydrogen) atoms. The number of pyridine rings is 3. The van der Waals surface area contributed by atoms with Gasteiger partial charge in [-0.3, -0.25) is 20.0 Å². The number of likely N-dealkylation sites (tertiary alicyclic amines) is 1. The minimum absolute atomic E-state index is 0.650. The van der Waals surface area contributed by atoms with Crippen molar-refractivity contribution in [3.8, 4) is 33.8 Å². The summed E-state index contributed by atoms with van der Waals surface area (Å²) in [6.07, 6.45) is 11.9. The maximum atomic E-state index is 4.78. The highest BCUT2D eigenvalue weighted by Gasteiger charge is 2.17. The van der Waals surface area contributed by atoms with E-state index in [1.165, 1.54) is 31.5 Å². The van der Waals surface area contributed by atoms with Crippen LogP contribution in [0.15, 0.2) is 73.4 Å². The summed E-state index contributed by atoms with van der Waals surface area (Å²) in [6, 6.07) is 14.5. The third-order valence-corrected chi connectivity index (χ3v) is 6.88. The summed E-state index contributed by atoms with van der Waals surface area (Å²) in [7, 11) is 0. The highest BCUT2D eigenvalue weighted by atomic mass is 15.1. The first-order chi connectivity index (χ1) is 17.8. The van der Waals surface area contributed by atoms with Gasteiger partial charge in [-0.1, -0.05) is 12.1 Å². The van der Waals surface area contributed by atoms with Crippen LogP contribution in [0.2, 0.25) is 0 Å². The van der Waals surface area contributed by atoms with E-state index in [-0.39, 0.29) is 0 Å². The van der Waals surface area contributed by atoms with Gasteiger partial charge in [0.1, 0.15) is 5.69 Å². The second-order valence-electron chi connectivity index (χ2n) is 9.28. The minimum atomic E-state index is 0.650. The van der Waals surface area contributed by atoms with E-state index >= 15 is 0 Å². The molecule has 176 valence electrons. The summed E-state index contributed by atoms with van der Waals surface area (Å²) in [5.41, 5.74) is 8.71. The number of benzene rings is 1. The number of fused-ring (bicyclic) bond motifs is 2. The van der Waals surface area contributed by atoms with Crippen LogP contribution in [0, 0.1) is 0 Å². The normalized spacial score (nSPS) is 14.2. The molecule has 0 aliphatic carbocycles. The van der Waals surface area contributed by atoms with E-state index in [1.807, 2.05) is 36.8 Å². The van der Waals surface area contributed by atoms with Crippen molar-refractivity contribution in [3.05, 3.63) is 79.0 Å². The minimum Gasteiger partial charge on any atom is -0.335 e. The van der Waals surface area contributed by atoms with E-state index in [9.17, 15) is 0 Å². The average Bonchev–Trinajstić information content (AvgIpc) is 3.68. The van der Waals surface area contributed by atoms with Crippen LogP contribution in [0.25, 0.3) is 55.8 Å². The van der Waals surface area contributed by atoms with Crippen molar-refractivity contribution >= 4 is 22.1 Å². The van der Waals surface area contributed by atoms with Crippen LogP contribution < -0.4 is 0 Å². The van der Waals surface area contributed by atoms with Gasteiger partial charge in [0.25, 0.3) is 0 Å². The molecule has 2 N–H and O–H groups in total. The van der Waals surface area contributed by atoms with Gasteiger partial charge in [-0.05, 0) is 67.4 Å². The van der Waals surface area contributed by atoms with Gasteiger partial charge in [-0.2, -0.15) is 5.10 Å². The molecule has 6 aromatic rings. The molecule has 1 aromatic carbocycles. The smallest absolute Gasteiger partial charge is 0.178 e. The van der Waals surface area contributed by atoms with Crippen LogP contribution in [0.3, 0.4) is 0 Å². The molecule has 0 unspecified atom stereocenters. The van der Waals surface area contributed by atoms with Crippen molar-refractivity contribution in [2.24, 2.45) is 0 Å². The van der Waals surface area contributed by atoms with Gasteiger partial charge in [0.15, 0.2) is 11.5 Å². The summed E-state index contributed by atoms with van der Waals surface area (Å²) in [5, 5.41) is 8.76. The largest absolute Gasteiger partial charge is 0.335 e. The van der Waals surface area contributed by atoms with E-state index in [0.717, 1.165) is 50.9 Å². The molecule has 1 fully saturated rings. The zero-order valence-electron chi connectivity index (χ0n) is 19.6. The first kappa shape index (κ1) is 20.9. The lowest BCUT2D eigenvalue weighted by molar-refractivity contribution is 0.331. The molecule has 1 saturated heterocycles. The molecule has 6 heterocycles. The monoisotopic (exact) mass is 472 g/mol. The quantitative estimate of drug-likeness (QED) is 0.357. The highest BCUT2D eigenvalue weighted by Crippen LogP contribution is 2.32. The molecular weight excluding hydrogens is 448 g/mol. The second-order valence-corrected chi connectivity index (χ2v) is 9.28. The van der Waals surface area contributed by atoms with Crippen LogP contribution in [0.5, 0.6) is 0 Å². The van der Waals surface area contributed by atoms with Gasteiger partial charge >= 0.3 is 0 Å². The summed E-state index contributed by atoms with van der Waals surface area (Å²) >= 11 is 0. The first-order valence-electron chi connectivity index (χ1n) is 12.2. The number of aromatic nitrogens is 7. The summed E-state index contributed by atoms with van der Waals surface area (Å²) in [6.45, 7) is 3.29. The van der Waals surface area contributed by atoms with E-state index in [2.05, 4.69) is 59.3 Å². The molecule has 8 nitrogen and oxygen atoms in total. The van der Waals surface area contributed by atoms with Crippen LogP contribution in [-0.4, -0.2) is 53.1 Å². The van der Waals surface area contributed by atoms with Gasteiger partial charge in [0, 0.05) is 59.6 Å². The SMILES string of the molecule is c1cncc(-c2ccnc3nc(-c4n[nH]c5ccc(-c6cncc(CN7CCCC7)c6)cc45)[nH]c23)c1. The predicted molar refractivity (Wildman–Crippen MR) is 140 cm³/mol. The van der Waals surface area contributed by atoms with E-state index in [4.69, 9.17) is 4.98 Å². The second kappa shape index (κ2) is 8.66. The Balaban J connectivity index is 1.28. The van der Waals surface area contributed by atoms with Crippen LogP contribution in [-0.2, 0) is 6.54 Å². The topological polar surface area (TPSA) is 99.3 Å². The molecule has 0 saturated carbocycles. The summed E-state index contributed by atoms with van der Waals surface area (Å²) in [4.78, 5) is 24.0. The van der Waals surface area contributed by atoms with Crippen LogP contribution >= 0.6 is 0 Å². The lowest BCUT2D eigenvalue weighted by Crippen LogP contribution is -2.18. The standard InChI is InChI=1S/C28H24N8/c1-2-11-36(10-1)17-18-12-21(16-30-14-18)19-5-6-24-23(13-19)26(35-34-24)28-32-25-22(7-9-31-27(25)33-28)20-4-3-8-29-15-20/h3-9,12-16H,1-2,10-11,17H2,(H,34,35)(H,31,32,33). The van der Waals surface area contributed by atoms with Crippen molar-refractivity contribution in [1.82, 2.24) is 40.0 Å². The summed E-state index contributed by atoms with van der Waals surface area (Å²) in [5.74, 6) is 0.679. The Labute approximate surface area is 207 Å². The lowest BCUT2D eigenvalue weighted by atomic mass is 10.0. The number of hydrogen-bond donors (Lipinski definition) is 2. The van der Waals surface area contributed by atoms with Crippen molar-refractivity contribution in [1.29, 1.82) is 0 Å². The third kappa shape index (κ3) is 3.72. The van der Waals surface area contributed by atoms with E-state index < -0.39 is 0 Å². The van der Waals surface area contributed by atoms with Gasteiger partial charge in [-0.25, -0.2) is 9.97 Å². The average molecular weight is 473 g/mol. The van der Waals surface area contributed by atoms with E-state index in [0.29, 0.717) is 11.5 Å². The van der Waals surface area contributed by atoms with Gasteiger partial charge < -0.3 is 4.98 Å². The molecule has 5 aromatic heterocycles. The molecule has 0 bridgehead atoms. The third-order valence-electron chi connectivity index (χ3n) is 6.88. The molecule has 0 amide bonds. The molecule has 0 atom stereocenters. The maximum Gasteiger partial charge on any atom is 0.178 e. The number of hydrogen-bond acceptors (Lipinski definition) is 6. The number of nitrogens with one attached hydrogen (secondary N) is 2. The van der Waals surface area contributed by atoms with Crippen LogP contribution in [0.4, 0.5) is 0 Å². The van der Waals surface area contributed by atoms with Gasteiger partial charge in [-0.15, -0.1) is 0 Å². The molecule has 1 aliphatic rings. The fourth-order valence-corrected chi connectivity index (χ4v) is 5.09. The fourth-order valence-electron chi connectivity index (χ4n) is 5.09. The lowest BCUT2D eigenvalue weighted by Gasteiger charge is -2.14. The first-order valence-corrected chi connectivity index (χ1v) is 12.2. The van der Waals surface area contributed by atoms with Crippen molar-refractivity contribution in [2.75, 3.05) is 13.1 Å². The molecule has 0 spiro atoms. The number of rotatable bonds is 5. The highest BCUT2D eigenvalue weighted by molar-refractivity contribution is 5.97.